The van der Waals surface area contributed by atoms with Gasteiger partial charge in [-0.1, -0.05) is 0 Å². The van der Waals surface area contributed by atoms with E-state index in [0.29, 0.717) is 6.04 Å². The highest BCUT2D eigenvalue weighted by molar-refractivity contribution is 4.89. The molecule has 0 radical (unpaired) electrons. The van der Waals surface area contributed by atoms with Gasteiger partial charge in [-0.3, -0.25) is 0 Å². The third kappa shape index (κ3) is 1.78. The van der Waals surface area contributed by atoms with Crippen molar-refractivity contribution in [2.24, 2.45) is 0 Å². The van der Waals surface area contributed by atoms with E-state index in [4.69, 9.17) is 4.74 Å². The number of rotatable bonds is 3. The lowest BCUT2D eigenvalue weighted by Crippen LogP contribution is -2.45. The molecule has 0 aliphatic carbocycles. The van der Waals surface area contributed by atoms with Crippen LogP contribution in [0.4, 0.5) is 0 Å². The zero-order valence-electron chi connectivity index (χ0n) is 6.73. The second-order valence-electron chi connectivity index (χ2n) is 2.78. The van der Waals surface area contributed by atoms with Crippen molar-refractivity contribution in [3.63, 3.8) is 0 Å². The number of hydrogen-bond acceptors (Lipinski definition) is 4. The molecule has 1 aliphatic rings. The maximum atomic E-state index is 5.02. The van der Waals surface area contributed by atoms with Gasteiger partial charge in [0.15, 0.2) is 0 Å². The van der Waals surface area contributed by atoms with Crippen LogP contribution >= 0.6 is 0 Å². The van der Waals surface area contributed by atoms with E-state index in [0.717, 1.165) is 25.6 Å². The summed E-state index contributed by atoms with van der Waals surface area (Å²) in [4.78, 5) is 8.19. The Kier molecular flexibility index (Phi) is 2.29. The van der Waals surface area contributed by atoms with Crippen molar-refractivity contribution in [2.45, 2.75) is 12.6 Å². The van der Waals surface area contributed by atoms with E-state index >= 15 is 0 Å². The fourth-order valence-electron chi connectivity index (χ4n) is 1.01. The first-order valence-corrected chi connectivity index (χ1v) is 4.02. The van der Waals surface area contributed by atoms with Crippen LogP contribution in [-0.4, -0.2) is 29.2 Å². The van der Waals surface area contributed by atoms with Crippen LogP contribution in [-0.2, 0) is 11.3 Å². The maximum Gasteiger partial charge on any atom is 0.141 e. The molecule has 0 spiro atoms. The molecule has 64 valence electrons. The van der Waals surface area contributed by atoms with Gasteiger partial charge in [-0.15, -0.1) is 0 Å². The monoisotopic (exact) mass is 165 g/mol. The fraction of sp³-hybridized carbons (Fsp3) is 0.500. The van der Waals surface area contributed by atoms with E-state index in [1.54, 1.807) is 12.4 Å². The van der Waals surface area contributed by atoms with E-state index in [2.05, 4.69) is 15.3 Å². The number of nitrogens with one attached hydrogen (secondary N) is 1. The van der Waals surface area contributed by atoms with Crippen molar-refractivity contribution in [2.75, 3.05) is 13.2 Å². The first kappa shape index (κ1) is 7.64. The molecule has 1 saturated heterocycles. The van der Waals surface area contributed by atoms with Gasteiger partial charge in [0, 0.05) is 12.4 Å². The smallest absolute Gasteiger partial charge is 0.141 e. The molecular weight excluding hydrogens is 154 g/mol. The van der Waals surface area contributed by atoms with Crippen LogP contribution in [0.1, 0.15) is 5.82 Å². The van der Waals surface area contributed by atoms with Crippen LogP contribution in [0.2, 0.25) is 0 Å². The second-order valence-corrected chi connectivity index (χ2v) is 2.78. The minimum atomic E-state index is 0.494. The molecule has 0 unspecified atom stereocenters. The molecule has 12 heavy (non-hydrogen) atoms. The summed E-state index contributed by atoms with van der Waals surface area (Å²) >= 11 is 0. The van der Waals surface area contributed by atoms with Crippen LogP contribution in [0.3, 0.4) is 0 Å². The van der Waals surface area contributed by atoms with Gasteiger partial charge in [-0.2, -0.15) is 0 Å². The summed E-state index contributed by atoms with van der Waals surface area (Å²) in [5, 5.41) is 3.29. The molecule has 1 N–H and O–H groups in total. The van der Waals surface area contributed by atoms with Gasteiger partial charge in [0.25, 0.3) is 0 Å². The van der Waals surface area contributed by atoms with Crippen LogP contribution in [0, 0.1) is 0 Å². The summed E-state index contributed by atoms with van der Waals surface area (Å²) in [6, 6.07) is 2.31. The Bertz CT molecular complexity index is 235. The van der Waals surface area contributed by atoms with Gasteiger partial charge in [-0.05, 0) is 6.07 Å². The predicted octanol–water partition coefficient (Wildman–Crippen LogP) is -0.0350. The first-order valence-electron chi connectivity index (χ1n) is 4.02. The highest BCUT2D eigenvalue weighted by Crippen LogP contribution is 2.00. The zero-order chi connectivity index (χ0) is 8.23. The number of ether oxygens (including phenoxy) is 1. The summed E-state index contributed by atoms with van der Waals surface area (Å²) in [6.07, 6.45) is 3.50. The Morgan fingerprint density at radius 1 is 1.42 bits per heavy atom. The van der Waals surface area contributed by atoms with Crippen molar-refractivity contribution in [3.8, 4) is 0 Å². The molecule has 4 heteroatoms. The Morgan fingerprint density at radius 2 is 2.17 bits per heavy atom. The third-order valence-corrected chi connectivity index (χ3v) is 1.81. The van der Waals surface area contributed by atoms with Gasteiger partial charge in [-0.25, -0.2) is 9.97 Å². The third-order valence-electron chi connectivity index (χ3n) is 1.81. The Balaban J connectivity index is 1.79. The van der Waals surface area contributed by atoms with Gasteiger partial charge in [0.1, 0.15) is 5.82 Å². The Hall–Kier alpha value is -1.00. The lowest BCUT2D eigenvalue weighted by atomic mass is 10.2. The lowest BCUT2D eigenvalue weighted by Gasteiger charge is -2.26. The second kappa shape index (κ2) is 3.60. The van der Waals surface area contributed by atoms with Crippen molar-refractivity contribution in [3.05, 3.63) is 24.3 Å². The molecule has 1 aromatic heterocycles. The molecule has 0 bridgehead atoms. The zero-order valence-corrected chi connectivity index (χ0v) is 6.73. The first-order chi connectivity index (χ1) is 5.95. The molecule has 1 fully saturated rings. The molecule has 0 atom stereocenters. The van der Waals surface area contributed by atoms with Crippen molar-refractivity contribution in [1.82, 2.24) is 15.3 Å². The summed E-state index contributed by atoms with van der Waals surface area (Å²) in [5.74, 6) is 0.837. The molecule has 0 aromatic carbocycles. The minimum absolute atomic E-state index is 0.494. The standard InChI is InChI=1S/C8H11N3O/c1-2-9-8(10-3-1)4-11-7-5-12-6-7/h1-3,7,11H,4-6H2. The summed E-state index contributed by atoms with van der Waals surface area (Å²) in [7, 11) is 0. The van der Waals surface area contributed by atoms with Crippen LogP contribution in [0.15, 0.2) is 18.5 Å². The highest BCUT2D eigenvalue weighted by Gasteiger charge is 2.17. The highest BCUT2D eigenvalue weighted by atomic mass is 16.5. The molecule has 4 nitrogen and oxygen atoms in total. The molecule has 0 saturated carbocycles. The van der Waals surface area contributed by atoms with Gasteiger partial charge >= 0.3 is 0 Å². The average Bonchev–Trinajstić information content (AvgIpc) is 2.04. The van der Waals surface area contributed by atoms with Crippen molar-refractivity contribution in [1.29, 1.82) is 0 Å². The van der Waals surface area contributed by atoms with E-state index in [-0.39, 0.29) is 0 Å². The topological polar surface area (TPSA) is 47.0 Å². The van der Waals surface area contributed by atoms with Crippen molar-refractivity contribution >= 4 is 0 Å². The van der Waals surface area contributed by atoms with Gasteiger partial charge in [0.05, 0.1) is 25.8 Å². The van der Waals surface area contributed by atoms with Gasteiger partial charge in [0.2, 0.25) is 0 Å². The lowest BCUT2D eigenvalue weighted by molar-refractivity contribution is -0.00604. The summed E-state index contributed by atoms with van der Waals surface area (Å²) < 4.78 is 5.02. The van der Waals surface area contributed by atoms with Crippen LogP contribution < -0.4 is 5.32 Å². The number of hydrogen-bond donors (Lipinski definition) is 1. The van der Waals surface area contributed by atoms with E-state index in [1.807, 2.05) is 6.07 Å². The number of aromatic nitrogens is 2. The minimum Gasteiger partial charge on any atom is -0.378 e. The largest absolute Gasteiger partial charge is 0.378 e. The van der Waals surface area contributed by atoms with Gasteiger partial charge < -0.3 is 10.1 Å². The van der Waals surface area contributed by atoms with E-state index in [9.17, 15) is 0 Å². The van der Waals surface area contributed by atoms with E-state index in [1.165, 1.54) is 0 Å². The summed E-state index contributed by atoms with van der Waals surface area (Å²) in [5.41, 5.74) is 0. The van der Waals surface area contributed by atoms with Crippen LogP contribution in [0.25, 0.3) is 0 Å². The predicted molar refractivity (Wildman–Crippen MR) is 43.5 cm³/mol. The normalized spacial score (nSPS) is 17.3. The average molecular weight is 165 g/mol. The summed E-state index contributed by atoms with van der Waals surface area (Å²) in [6.45, 7) is 2.36. The van der Waals surface area contributed by atoms with Crippen molar-refractivity contribution < 1.29 is 4.74 Å². The molecule has 1 aliphatic heterocycles. The Morgan fingerprint density at radius 3 is 2.75 bits per heavy atom. The quantitative estimate of drug-likeness (QED) is 0.683. The number of nitrogens with zero attached hydrogens (tertiary/aromatic N) is 2. The Labute approximate surface area is 71.0 Å². The molecule has 2 rings (SSSR count). The fourth-order valence-corrected chi connectivity index (χ4v) is 1.01. The molecule has 2 heterocycles. The maximum absolute atomic E-state index is 5.02. The van der Waals surface area contributed by atoms with E-state index < -0.39 is 0 Å². The SMILES string of the molecule is c1cnc(CNC2COC2)nc1. The molecule has 1 aromatic rings. The molecular formula is C8H11N3O. The van der Waals surface area contributed by atoms with Crippen LogP contribution in [0.5, 0.6) is 0 Å². The molecule has 0 amide bonds.